The summed E-state index contributed by atoms with van der Waals surface area (Å²) in [6, 6.07) is 26.6. The fraction of sp³-hybridized carbons (Fsp3) is 0.426. The lowest BCUT2D eigenvalue weighted by molar-refractivity contribution is -0.147. The summed E-state index contributed by atoms with van der Waals surface area (Å²) in [5.74, 6) is -0.995. The highest BCUT2D eigenvalue weighted by molar-refractivity contribution is 6.31. The van der Waals surface area contributed by atoms with Crippen LogP contribution in [0.4, 0.5) is 0 Å². The number of rotatable bonds is 20. The van der Waals surface area contributed by atoms with Gasteiger partial charge in [-0.3, -0.25) is 24.1 Å². The van der Waals surface area contributed by atoms with Gasteiger partial charge < -0.3 is 40.0 Å². The molecule has 0 unspecified atom stereocenters. The summed E-state index contributed by atoms with van der Waals surface area (Å²) in [5, 5.41) is 20.5. The summed E-state index contributed by atoms with van der Waals surface area (Å²) in [6.45, 7) is 5.46. The van der Waals surface area contributed by atoms with Crippen LogP contribution in [-0.2, 0) is 56.9 Å². The molecule has 3 amide bonds. The molecule has 2 fully saturated rings. The van der Waals surface area contributed by atoms with Crippen LogP contribution in [0.3, 0.4) is 0 Å². The standard InChI is InChI=1S/C54H63Cl2N7O7/c1-35(57-30-39-13-19-41(56)27-48(39)70-42-20-14-38(15-21-42)47-31-58-49(61(47)2)32-62-24-6-7-25-62)51(66)59-46(33-69-3)52(67)60-54(29-36-11-17-40(55)18-12-36)23-8-26-63(34-54)53(68)45(28-50(64)65)44-22-16-37-9-4-5-10-43(37)44/h4-5,9-15,17-21,27,31,35,44-46,57H,6-8,16,22-26,28-30,32-34H2,1-3H3,(H,59,66)(H,60,67)(H,64,65)/t35-,44-,45-,46-,54+/m0/s1. The van der Waals surface area contributed by atoms with Crippen LogP contribution in [0.25, 0.3) is 11.3 Å². The molecule has 4 aromatic carbocycles. The molecule has 2 saturated heterocycles. The van der Waals surface area contributed by atoms with Crippen LogP contribution in [0, 0.1) is 5.92 Å². The number of fused-ring (bicyclic) bond motifs is 1. The molecule has 16 heteroatoms. The van der Waals surface area contributed by atoms with Gasteiger partial charge >= 0.3 is 5.97 Å². The number of carboxylic acids is 1. The van der Waals surface area contributed by atoms with E-state index in [0.29, 0.717) is 53.8 Å². The second-order valence-electron chi connectivity index (χ2n) is 19.1. The Hall–Kier alpha value is -5.77. The number of hydrogen-bond acceptors (Lipinski definition) is 9. The van der Waals surface area contributed by atoms with Crippen LogP contribution >= 0.6 is 23.2 Å². The molecule has 8 rings (SSSR count). The minimum atomic E-state index is -1.08. The first-order valence-electron chi connectivity index (χ1n) is 24.3. The number of aryl methyl sites for hydroxylation is 1. The highest BCUT2D eigenvalue weighted by Gasteiger charge is 2.44. The molecule has 1 aromatic heterocycles. The van der Waals surface area contributed by atoms with Crippen molar-refractivity contribution in [2.45, 2.75) is 94.9 Å². The Morgan fingerprint density at radius 1 is 0.914 bits per heavy atom. The van der Waals surface area contributed by atoms with Crippen molar-refractivity contribution in [1.82, 2.24) is 35.3 Å². The highest BCUT2D eigenvalue weighted by atomic mass is 35.5. The lowest BCUT2D eigenvalue weighted by Crippen LogP contribution is -2.65. The summed E-state index contributed by atoms with van der Waals surface area (Å²) in [5.41, 5.74) is 4.90. The van der Waals surface area contributed by atoms with Crippen molar-refractivity contribution >= 4 is 46.9 Å². The van der Waals surface area contributed by atoms with Gasteiger partial charge in [0.1, 0.15) is 23.4 Å². The SMILES string of the molecule is COC[C@H](NC(=O)[C@H](C)NCc1ccc(Cl)cc1Oc1ccc(-c2cnc(CN3CCCC3)n2C)cc1)C(=O)N[C@@]1(Cc2ccc(Cl)cc2)CCCN(C(=O)[C@@H](CC(=O)O)[C@H]2CCc3ccccc32)C1. The number of benzene rings is 4. The molecule has 3 aliphatic rings. The second-order valence-corrected chi connectivity index (χ2v) is 20.0. The second kappa shape index (κ2) is 23.0. The van der Waals surface area contributed by atoms with Gasteiger partial charge in [0, 0.05) is 55.0 Å². The number of hydrogen-bond donors (Lipinski definition) is 4. The monoisotopic (exact) mass is 991 g/mol. The molecule has 0 radical (unpaired) electrons. The van der Waals surface area contributed by atoms with Crippen molar-refractivity contribution in [3.8, 4) is 22.8 Å². The number of carboxylic acid groups (broad SMARTS) is 1. The van der Waals surface area contributed by atoms with E-state index in [1.54, 1.807) is 36.1 Å². The third kappa shape index (κ3) is 12.4. The van der Waals surface area contributed by atoms with Gasteiger partial charge in [-0.15, -0.1) is 0 Å². The van der Waals surface area contributed by atoms with Gasteiger partial charge in [-0.2, -0.15) is 0 Å². The van der Waals surface area contributed by atoms with Crippen LogP contribution in [0.15, 0.2) is 97.2 Å². The summed E-state index contributed by atoms with van der Waals surface area (Å²) in [6.07, 6.45) is 7.00. The van der Waals surface area contributed by atoms with E-state index in [0.717, 1.165) is 65.4 Å². The Bertz CT molecular complexity index is 2640. The fourth-order valence-electron chi connectivity index (χ4n) is 10.4. The lowest BCUT2D eigenvalue weighted by atomic mass is 9.80. The molecule has 1 aliphatic carbocycles. The van der Waals surface area contributed by atoms with Gasteiger partial charge in [-0.25, -0.2) is 4.98 Å². The number of likely N-dealkylation sites (tertiary alicyclic amines) is 2. The van der Waals surface area contributed by atoms with E-state index in [9.17, 15) is 24.3 Å². The summed E-state index contributed by atoms with van der Waals surface area (Å²) in [7, 11) is 3.51. The van der Waals surface area contributed by atoms with Gasteiger partial charge in [0.15, 0.2) is 0 Å². The van der Waals surface area contributed by atoms with Crippen LogP contribution in [0.5, 0.6) is 11.5 Å². The number of halogens is 2. The van der Waals surface area contributed by atoms with E-state index in [1.165, 1.54) is 20.0 Å². The van der Waals surface area contributed by atoms with Crippen molar-refractivity contribution in [2.75, 3.05) is 39.9 Å². The summed E-state index contributed by atoms with van der Waals surface area (Å²) >= 11 is 12.7. The van der Waals surface area contributed by atoms with E-state index < -0.39 is 41.3 Å². The molecule has 4 N–H and O–H groups in total. The quantitative estimate of drug-likeness (QED) is 0.0602. The van der Waals surface area contributed by atoms with Crippen molar-refractivity contribution in [3.05, 3.63) is 135 Å². The van der Waals surface area contributed by atoms with Gasteiger partial charge in [-0.05, 0) is 136 Å². The Labute approximate surface area is 420 Å². The lowest BCUT2D eigenvalue weighted by Gasteiger charge is -2.45. The van der Waals surface area contributed by atoms with Gasteiger partial charge in [0.25, 0.3) is 0 Å². The molecule has 3 heterocycles. The van der Waals surface area contributed by atoms with Crippen LogP contribution in [0.2, 0.25) is 10.0 Å². The zero-order valence-electron chi connectivity index (χ0n) is 40.1. The van der Waals surface area contributed by atoms with Crippen molar-refractivity contribution < 1.29 is 33.8 Å². The van der Waals surface area contributed by atoms with E-state index in [1.807, 2.05) is 80.0 Å². The molecule has 0 bridgehead atoms. The first-order valence-corrected chi connectivity index (χ1v) is 25.0. The largest absolute Gasteiger partial charge is 0.481 e. The Kier molecular flexibility index (Phi) is 16.6. The third-order valence-corrected chi connectivity index (χ3v) is 14.6. The molecular formula is C54H63Cl2N7O7. The Balaban J connectivity index is 0.924. The number of carbonyl (C=O) groups excluding carboxylic acids is 3. The Morgan fingerprint density at radius 3 is 2.40 bits per heavy atom. The van der Waals surface area contributed by atoms with Gasteiger partial charge in [0.2, 0.25) is 17.7 Å². The molecule has 14 nitrogen and oxygen atoms in total. The number of piperidine rings is 1. The minimum absolute atomic E-state index is 0.111. The van der Waals surface area contributed by atoms with Crippen LogP contribution < -0.4 is 20.7 Å². The number of ether oxygens (including phenoxy) is 2. The predicted molar refractivity (Wildman–Crippen MR) is 270 cm³/mol. The summed E-state index contributed by atoms with van der Waals surface area (Å²) < 4.78 is 14.0. The topological polar surface area (TPSA) is 167 Å². The molecular weight excluding hydrogens is 930 g/mol. The average molecular weight is 993 g/mol. The minimum Gasteiger partial charge on any atom is -0.481 e. The number of aliphatic carboxylic acids is 1. The van der Waals surface area contributed by atoms with E-state index in [2.05, 4.69) is 25.4 Å². The number of methoxy groups -OCH3 is 1. The molecule has 2 aliphatic heterocycles. The van der Waals surface area contributed by atoms with E-state index in [-0.39, 0.29) is 37.9 Å². The first-order chi connectivity index (χ1) is 33.8. The maximum atomic E-state index is 14.6. The average Bonchev–Trinajstić information content (AvgIpc) is 4.12. The maximum Gasteiger partial charge on any atom is 0.304 e. The van der Waals surface area contributed by atoms with Crippen molar-refractivity contribution in [1.29, 1.82) is 0 Å². The maximum absolute atomic E-state index is 14.6. The first kappa shape index (κ1) is 50.6. The number of nitrogens with one attached hydrogen (secondary N) is 3. The van der Waals surface area contributed by atoms with E-state index in [4.69, 9.17) is 37.7 Å². The number of amides is 3. The van der Waals surface area contributed by atoms with Crippen LogP contribution in [0.1, 0.15) is 79.4 Å². The molecule has 5 atom stereocenters. The molecule has 0 saturated carbocycles. The highest BCUT2D eigenvalue weighted by Crippen LogP contribution is 2.41. The molecule has 5 aromatic rings. The molecule has 0 spiro atoms. The zero-order valence-corrected chi connectivity index (χ0v) is 41.6. The van der Waals surface area contributed by atoms with Crippen LogP contribution in [-0.4, -0.2) is 106 Å². The van der Waals surface area contributed by atoms with Gasteiger partial charge in [-0.1, -0.05) is 65.7 Å². The zero-order chi connectivity index (χ0) is 49.4. The fourth-order valence-corrected chi connectivity index (χ4v) is 10.7. The number of aromatic nitrogens is 2. The number of nitrogens with zero attached hydrogens (tertiary/aromatic N) is 4. The van der Waals surface area contributed by atoms with Crippen molar-refractivity contribution in [3.63, 3.8) is 0 Å². The third-order valence-electron chi connectivity index (χ3n) is 14.1. The molecule has 70 heavy (non-hydrogen) atoms. The number of carbonyl (C=O) groups is 4. The normalized spacial score (nSPS) is 19.3. The number of imidazole rings is 1. The van der Waals surface area contributed by atoms with E-state index >= 15 is 0 Å². The Morgan fingerprint density at radius 2 is 1.66 bits per heavy atom. The molecule has 370 valence electrons. The predicted octanol–water partition coefficient (Wildman–Crippen LogP) is 7.93. The summed E-state index contributed by atoms with van der Waals surface area (Å²) in [4.78, 5) is 64.1. The smallest absolute Gasteiger partial charge is 0.304 e. The van der Waals surface area contributed by atoms with Crippen molar-refractivity contribution in [2.24, 2.45) is 13.0 Å². The van der Waals surface area contributed by atoms with Gasteiger partial charge in [0.05, 0.1) is 49.0 Å².